The number of hydrogen-bond donors (Lipinski definition) is 2. The third-order valence-corrected chi connectivity index (χ3v) is 14.1. The highest BCUT2D eigenvalue weighted by Crippen LogP contribution is 2.38. The van der Waals surface area contributed by atoms with E-state index in [0.29, 0.717) is 23.9 Å². The summed E-state index contributed by atoms with van der Waals surface area (Å²) in [7, 11) is 1.28. The van der Waals surface area contributed by atoms with E-state index >= 15 is 0 Å². The summed E-state index contributed by atoms with van der Waals surface area (Å²) < 4.78 is 23.4. The molecule has 440 valence electrons. The van der Waals surface area contributed by atoms with Crippen LogP contribution in [0.15, 0.2) is 134 Å². The van der Waals surface area contributed by atoms with Gasteiger partial charge in [-0.05, 0) is 96.3 Å². The topological polar surface area (TPSA) is 108 Å². The molecule has 0 radical (unpaired) electrons. The first-order chi connectivity index (χ1) is 37.5. The lowest BCUT2D eigenvalue weighted by Gasteiger charge is -2.30. The van der Waals surface area contributed by atoms with Crippen molar-refractivity contribution in [2.75, 3.05) is 40.9 Å². The van der Waals surface area contributed by atoms with Crippen LogP contribution < -0.4 is 10.2 Å². The lowest BCUT2D eigenvalue weighted by Crippen LogP contribution is -2.46. The van der Waals surface area contributed by atoms with Gasteiger partial charge in [0.1, 0.15) is 13.2 Å². The van der Waals surface area contributed by atoms with Gasteiger partial charge in [-0.1, -0.05) is 270 Å². The minimum absolute atomic E-state index is 0.00367. The fourth-order valence-corrected chi connectivity index (χ4v) is 9.06. The van der Waals surface area contributed by atoms with E-state index in [9.17, 15) is 19.4 Å². The molecular weight excluding hydrogens is 972 g/mol. The monoisotopic (exact) mass is 1090 g/mol. The summed E-state index contributed by atoms with van der Waals surface area (Å²) in [6.45, 7) is 4.59. The standard InChI is InChI=1S/C68H117N2O6P/c1-6-8-10-12-14-16-18-20-22-23-24-25-26-27-28-29-30-31-32-33-34-35-36-37-38-39-40-41-42-43-44-45-46-47-48-50-52-54-56-58-60-62-68(72)69-66(65-76-77(73,74)75-64-63-70(3,4)5)67(71)61-59-57-55-53-51-49-21-19-17-15-13-11-9-7-2/h8,10,14,16,20,22,24-25,27-28,30-31,33-34,36-37,39-40,42-43,45-46,66-67,71H,6-7,9,11-13,15,17-19,21,23,26,29,32,35,38,41,44,47-65H2,1-5H3,(H-,69,72,73,74)/b10-8-,16-14-,22-20-,25-24-,28-27-,31-30-,34-33-,37-36-,40-39-,43-42-,46-45-. The number of unbranched alkanes of at least 4 members (excludes halogenated alkanes) is 20. The fourth-order valence-electron chi connectivity index (χ4n) is 8.34. The summed E-state index contributed by atoms with van der Waals surface area (Å²) in [4.78, 5) is 25.5. The number of phosphoric acid groups is 1. The SMILES string of the molecule is CC/C=C\C/C=C\C/C=C\C/C=C\C/C=C\C/C=C\C/C=C\C/C=C\C/C=C\C/C=C\C/C=C\CCCCCCCCCC(=O)NC(COP(=O)([O-])OCC[N+](C)(C)C)C(O)CCCCCCCCCCCCCCCC. The number of likely N-dealkylation sites (N-methyl/N-ethyl adjacent to an activating group) is 1. The molecule has 0 aliphatic heterocycles. The van der Waals surface area contributed by atoms with Crippen molar-refractivity contribution in [1.82, 2.24) is 5.32 Å². The molecule has 1 amide bonds. The van der Waals surface area contributed by atoms with Crippen LogP contribution in [0.4, 0.5) is 0 Å². The van der Waals surface area contributed by atoms with Gasteiger partial charge in [0.25, 0.3) is 7.82 Å². The highest BCUT2D eigenvalue weighted by molar-refractivity contribution is 7.45. The largest absolute Gasteiger partial charge is 0.756 e. The molecule has 0 heterocycles. The Morgan fingerprint density at radius 1 is 0.468 bits per heavy atom. The van der Waals surface area contributed by atoms with Crippen molar-refractivity contribution in [3.05, 3.63) is 134 Å². The third-order valence-electron chi connectivity index (χ3n) is 13.2. The molecule has 0 fully saturated rings. The van der Waals surface area contributed by atoms with Gasteiger partial charge in [0, 0.05) is 6.42 Å². The van der Waals surface area contributed by atoms with Crippen LogP contribution in [0.25, 0.3) is 0 Å². The number of rotatable bonds is 55. The number of allylic oxidation sites excluding steroid dienone is 22. The summed E-state index contributed by atoms with van der Waals surface area (Å²) in [5.41, 5.74) is 0. The first-order valence-electron chi connectivity index (χ1n) is 31.0. The van der Waals surface area contributed by atoms with Gasteiger partial charge < -0.3 is 28.8 Å². The first kappa shape index (κ1) is 73.6. The van der Waals surface area contributed by atoms with E-state index in [4.69, 9.17) is 9.05 Å². The molecule has 0 saturated heterocycles. The molecule has 77 heavy (non-hydrogen) atoms. The van der Waals surface area contributed by atoms with Gasteiger partial charge in [-0.15, -0.1) is 0 Å². The lowest BCUT2D eigenvalue weighted by atomic mass is 10.0. The van der Waals surface area contributed by atoms with Crippen molar-refractivity contribution in [2.45, 2.75) is 251 Å². The van der Waals surface area contributed by atoms with Crippen LogP contribution in [0.1, 0.15) is 239 Å². The number of hydrogen-bond acceptors (Lipinski definition) is 6. The predicted octanol–water partition coefficient (Wildman–Crippen LogP) is 18.9. The number of carbonyl (C=O) groups excluding carboxylic acids is 1. The van der Waals surface area contributed by atoms with Crippen LogP contribution in [0.5, 0.6) is 0 Å². The zero-order valence-electron chi connectivity index (χ0n) is 50.1. The second-order valence-electron chi connectivity index (χ2n) is 21.7. The molecule has 0 aliphatic carbocycles. The molecule has 0 aromatic rings. The molecule has 0 aromatic heterocycles. The van der Waals surface area contributed by atoms with Gasteiger partial charge in [0.05, 0.1) is 39.9 Å². The van der Waals surface area contributed by atoms with Crippen LogP contribution in [0, 0.1) is 0 Å². The van der Waals surface area contributed by atoms with Crippen molar-refractivity contribution in [3.8, 4) is 0 Å². The third kappa shape index (κ3) is 60.1. The Labute approximate surface area is 475 Å². The summed E-state index contributed by atoms with van der Waals surface area (Å²) in [5, 5.41) is 14.0. The van der Waals surface area contributed by atoms with Crippen LogP contribution in [0.3, 0.4) is 0 Å². The number of quaternary nitrogens is 1. The van der Waals surface area contributed by atoms with E-state index < -0.39 is 20.0 Å². The maximum atomic E-state index is 13.0. The first-order valence-corrected chi connectivity index (χ1v) is 32.5. The van der Waals surface area contributed by atoms with Gasteiger partial charge >= 0.3 is 0 Å². The Morgan fingerprint density at radius 3 is 1.16 bits per heavy atom. The number of phosphoric ester groups is 1. The minimum atomic E-state index is -4.58. The Morgan fingerprint density at radius 2 is 0.792 bits per heavy atom. The number of amides is 1. The van der Waals surface area contributed by atoms with Crippen molar-refractivity contribution in [1.29, 1.82) is 0 Å². The molecule has 0 saturated carbocycles. The van der Waals surface area contributed by atoms with Gasteiger partial charge in [-0.3, -0.25) is 9.36 Å². The average Bonchev–Trinajstić information content (AvgIpc) is 3.39. The molecule has 0 rings (SSSR count). The Kier molecular flexibility index (Phi) is 54.8. The maximum Gasteiger partial charge on any atom is 0.268 e. The quantitative estimate of drug-likeness (QED) is 0.0272. The van der Waals surface area contributed by atoms with Crippen molar-refractivity contribution in [3.63, 3.8) is 0 Å². The summed E-state index contributed by atoms with van der Waals surface area (Å²) >= 11 is 0. The average molecular weight is 1090 g/mol. The van der Waals surface area contributed by atoms with Crippen LogP contribution >= 0.6 is 7.82 Å². The fraction of sp³-hybridized carbons (Fsp3) is 0.662. The molecule has 3 atom stereocenters. The molecule has 9 heteroatoms. The van der Waals surface area contributed by atoms with E-state index in [-0.39, 0.29) is 19.1 Å². The van der Waals surface area contributed by atoms with Gasteiger partial charge in [-0.25, -0.2) is 0 Å². The highest BCUT2D eigenvalue weighted by atomic mass is 31.2. The van der Waals surface area contributed by atoms with Crippen LogP contribution in [-0.4, -0.2) is 68.5 Å². The molecule has 0 aliphatic rings. The molecular formula is C68H117N2O6P. The molecule has 0 aromatic carbocycles. The number of nitrogens with zero attached hydrogens (tertiary/aromatic N) is 1. The van der Waals surface area contributed by atoms with E-state index in [1.165, 1.54) is 89.9 Å². The summed E-state index contributed by atoms with van der Waals surface area (Å²) in [6, 6.07) is -0.815. The van der Waals surface area contributed by atoms with E-state index in [2.05, 4.69) is 153 Å². The highest BCUT2D eigenvalue weighted by Gasteiger charge is 2.24. The predicted molar refractivity (Wildman–Crippen MR) is 334 cm³/mol. The molecule has 2 N–H and O–H groups in total. The Balaban J connectivity index is 4.11. The van der Waals surface area contributed by atoms with E-state index in [0.717, 1.165) is 122 Å². The smallest absolute Gasteiger partial charge is 0.268 e. The van der Waals surface area contributed by atoms with Gasteiger partial charge in [-0.2, -0.15) is 0 Å². The lowest BCUT2D eigenvalue weighted by molar-refractivity contribution is -0.870. The Hall–Kier alpha value is -3.36. The molecule has 0 bridgehead atoms. The van der Waals surface area contributed by atoms with Crippen molar-refractivity contribution >= 4 is 13.7 Å². The van der Waals surface area contributed by atoms with Crippen molar-refractivity contribution in [2.24, 2.45) is 0 Å². The zero-order valence-corrected chi connectivity index (χ0v) is 51.0. The number of aliphatic hydroxyl groups excluding tert-OH is 1. The van der Waals surface area contributed by atoms with E-state index in [1.54, 1.807) is 0 Å². The zero-order chi connectivity index (χ0) is 56.3. The molecule has 0 spiro atoms. The number of carbonyl (C=O) groups is 1. The van der Waals surface area contributed by atoms with Crippen LogP contribution in [-0.2, 0) is 18.4 Å². The summed E-state index contributed by atoms with van der Waals surface area (Å²) in [5.74, 6) is -0.181. The minimum Gasteiger partial charge on any atom is -0.756 e. The number of aliphatic hydroxyl groups is 1. The maximum absolute atomic E-state index is 13.0. The second-order valence-corrected chi connectivity index (χ2v) is 23.1. The van der Waals surface area contributed by atoms with Gasteiger partial charge in [0.15, 0.2) is 0 Å². The normalized spacial score (nSPS) is 14.7. The van der Waals surface area contributed by atoms with Gasteiger partial charge in [0.2, 0.25) is 5.91 Å². The van der Waals surface area contributed by atoms with Crippen molar-refractivity contribution < 1.29 is 32.9 Å². The second kappa shape index (κ2) is 57.3. The summed E-state index contributed by atoms with van der Waals surface area (Å²) in [6.07, 6.45) is 86.4. The van der Waals surface area contributed by atoms with Crippen LogP contribution in [0.2, 0.25) is 0 Å². The Bertz CT molecular complexity index is 1710. The number of nitrogens with one attached hydrogen (secondary N) is 1. The van der Waals surface area contributed by atoms with E-state index in [1.807, 2.05) is 21.1 Å². The molecule has 8 nitrogen and oxygen atoms in total. The molecule has 3 unspecified atom stereocenters.